The highest BCUT2D eigenvalue weighted by Crippen LogP contribution is 2.34. The van der Waals surface area contributed by atoms with Crippen LogP contribution in [0.1, 0.15) is 59.8 Å². The molecule has 0 heterocycles. The number of hydrogen-bond donors (Lipinski definition) is 1. The minimum Gasteiger partial charge on any atom is -0.481 e. The number of carbonyl (C=O) groups excluding carboxylic acids is 1. The zero-order valence-electron chi connectivity index (χ0n) is 14.5. The topological polar surface area (TPSA) is 72.8 Å². The maximum atomic E-state index is 12.7. The number of aliphatic carboxylic acids is 1. The first kappa shape index (κ1) is 19.1. The van der Waals surface area contributed by atoms with Crippen LogP contribution >= 0.6 is 0 Å². The average Bonchev–Trinajstić information content (AvgIpc) is 2.46. The van der Waals surface area contributed by atoms with E-state index in [1.165, 1.54) is 0 Å². The molecule has 1 aliphatic carbocycles. The number of carbonyl (C=O) groups is 2. The Bertz CT molecular complexity index is 400. The van der Waals surface area contributed by atoms with Gasteiger partial charge in [-0.15, -0.1) is 0 Å². The second kappa shape index (κ2) is 7.55. The van der Waals surface area contributed by atoms with Crippen molar-refractivity contribution in [2.75, 3.05) is 13.7 Å². The molecule has 5 nitrogen and oxygen atoms in total. The smallest absolute Gasteiger partial charge is 0.307 e. The fourth-order valence-electron chi connectivity index (χ4n) is 2.91. The summed E-state index contributed by atoms with van der Waals surface area (Å²) in [6.07, 6.45) is 3.69. The van der Waals surface area contributed by atoms with Gasteiger partial charge in [0.05, 0.1) is 18.1 Å². The number of carboxylic acid groups (broad SMARTS) is 1. The molecule has 0 aromatic carbocycles. The van der Waals surface area contributed by atoms with Crippen LogP contribution in [0.3, 0.4) is 0 Å². The van der Waals surface area contributed by atoms with Crippen LogP contribution in [0.15, 0.2) is 0 Å². The molecule has 1 saturated carbocycles. The minimum absolute atomic E-state index is 0.0881. The lowest BCUT2D eigenvalue weighted by Gasteiger charge is -2.34. The van der Waals surface area contributed by atoms with E-state index in [0.29, 0.717) is 25.9 Å². The van der Waals surface area contributed by atoms with Crippen LogP contribution in [0.2, 0.25) is 0 Å². The Balaban J connectivity index is 2.66. The van der Waals surface area contributed by atoms with E-state index in [1.54, 1.807) is 21.0 Å². The van der Waals surface area contributed by atoms with E-state index in [9.17, 15) is 14.7 Å². The highest BCUT2D eigenvalue weighted by Gasteiger charge is 2.42. The van der Waals surface area contributed by atoms with Crippen molar-refractivity contribution in [3.8, 4) is 0 Å². The summed E-state index contributed by atoms with van der Waals surface area (Å²) in [4.78, 5) is 24.1. The molecule has 2 atom stereocenters. The van der Waals surface area contributed by atoms with Crippen LogP contribution in [0, 0.1) is 11.8 Å². The molecule has 0 aromatic heterocycles. The normalized spacial score (nSPS) is 23.3. The van der Waals surface area contributed by atoms with E-state index >= 15 is 0 Å². The van der Waals surface area contributed by atoms with Gasteiger partial charge in [0, 0.05) is 13.0 Å². The van der Waals surface area contributed by atoms with Gasteiger partial charge in [-0.1, -0.05) is 12.8 Å². The molecule has 22 heavy (non-hydrogen) atoms. The van der Waals surface area contributed by atoms with Crippen molar-refractivity contribution >= 4 is 11.8 Å². The second-order valence-electron chi connectivity index (χ2n) is 7.27. The summed E-state index contributed by atoms with van der Waals surface area (Å²) < 4.78 is 11.1. The van der Waals surface area contributed by atoms with Gasteiger partial charge >= 0.3 is 5.97 Å². The van der Waals surface area contributed by atoms with E-state index in [1.807, 2.05) is 13.8 Å². The second-order valence-corrected chi connectivity index (χ2v) is 7.27. The van der Waals surface area contributed by atoms with Gasteiger partial charge in [-0.25, -0.2) is 0 Å². The Kier molecular flexibility index (Phi) is 6.56. The first-order chi connectivity index (χ1) is 10.1. The van der Waals surface area contributed by atoms with Crippen LogP contribution in [-0.2, 0) is 19.1 Å². The number of hydrogen-bond acceptors (Lipinski definition) is 4. The maximum absolute atomic E-state index is 12.7. The van der Waals surface area contributed by atoms with Gasteiger partial charge in [0.1, 0.15) is 5.60 Å². The Morgan fingerprint density at radius 2 is 1.64 bits per heavy atom. The van der Waals surface area contributed by atoms with Gasteiger partial charge in [-0.3, -0.25) is 9.59 Å². The minimum atomic E-state index is -0.959. The molecule has 1 N–H and O–H groups in total. The van der Waals surface area contributed by atoms with E-state index < -0.39 is 23.4 Å². The van der Waals surface area contributed by atoms with Gasteiger partial charge in [0.25, 0.3) is 0 Å². The number of Topliss-reactive ketones (excluding diaryl/α,β-unsaturated/α-hetero) is 1. The Morgan fingerprint density at radius 1 is 1.09 bits per heavy atom. The van der Waals surface area contributed by atoms with Gasteiger partial charge in [-0.05, 0) is 47.0 Å². The molecule has 0 saturated heterocycles. The molecule has 0 radical (unpaired) electrons. The van der Waals surface area contributed by atoms with E-state index in [2.05, 4.69) is 0 Å². The van der Waals surface area contributed by atoms with Crippen molar-refractivity contribution in [2.45, 2.75) is 71.0 Å². The molecule has 2 unspecified atom stereocenters. The van der Waals surface area contributed by atoms with Crippen LogP contribution in [0.5, 0.6) is 0 Å². The molecule has 128 valence electrons. The van der Waals surface area contributed by atoms with Crippen LogP contribution in [0.4, 0.5) is 0 Å². The number of ketones is 1. The number of methoxy groups -OCH3 is 1. The number of rotatable bonds is 8. The van der Waals surface area contributed by atoms with E-state index in [0.717, 1.165) is 12.8 Å². The van der Waals surface area contributed by atoms with Crippen LogP contribution in [-0.4, -0.2) is 41.8 Å². The molecule has 1 aliphatic rings. The standard InChI is InChI=1S/C17H30O5/c1-16(2,21-5)10-11-22-17(3,4)14(18)12-8-6-7-9-13(12)15(19)20/h12-13H,6-11H2,1-5H3,(H,19,20). The van der Waals surface area contributed by atoms with Crippen molar-refractivity contribution in [3.05, 3.63) is 0 Å². The zero-order chi connectivity index (χ0) is 17.0. The van der Waals surface area contributed by atoms with E-state index in [-0.39, 0.29) is 11.4 Å². The Morgan fingerprint density at radius 3 is 2.14 bits per heavy atom. The highest BCUT2D eigenvalue weighted by molar-refractivity contribution is 5.92. The third-order valence-corrected chi connectivity index (χ3v) is 4.73. The van der Waals surface area contributed by atoms with Gasteiger partial charge in [0.2, 0.25) is 0 Å². The monoisotopic (exact) mass is 314 g/mol. The SMILES string of the molecule is COC(C)(C)CCOC(C)(C)C(=O)C1CCCCC1C(=O)O. The summed E-state index contributed by atoms with van der Waals surface area (Å²) in [5, 5.41) is 9.33. The molecule has 0 amide bonds. The number of ether oxygens (including phenoxy) is 2. The predicted molar refractivity (Wildman–Crippen MR) is 83.8 cm³/mol. The summed E-state index contributed by atoms with van der Waals surface area (Å²) >= 11 is 0. The average molecular weight is 314 g/mol. The molecule has 1 rings (SSSR count). The molecule has 0 aromatic rings. The quantitative estimate of drug-likeness (QED) is 0.745. The molecule has 0 bridgehead atoms. The van der Waals surface area contributed by atoms with Gasteiger partial charge in [-0.2, -0.15) is 0 Å². The van der Waals surface area contributed by atoms with Crippen molar-refractivity contribution in [1.29, 1.82) is 0 Å². The lowest BCUT2D eigenvalue weighted by atomic mass is 9.73. The summed E-state index contributed by atoms with van der Waals surface area (Å²) in [5.41, 5.74) is -1.26. The molecule has 0 aliphatic heterocycles. The molecule has 1 fully saturated rings. The fraction of sp³-hybridized carbons (Fsp3) is 0.882. The largest absolute Gasteiger partial charge is 0.481 e. The Hall–Kier alpha value is -0.940. The van der Waals surface area contributed by atoms with Gasteiger partial charge in [0.15, 0.2) is 5.78 Å². The summed E-state index contributed by atoms with van der Waals surface area (Å²) in [6, 6.07) is 0. The van der Waals surface area contributed by atoms with Crippen molar-refractivity contribution in [2.24, 2.45) is 11.8 Å². The van der Waals surface area contributed by atoms with Crippen LogP contribution < -0.4 is 0 Å². The molecule has 0 spiro atoms. The maximum Gasteiger partial charge on any atom is 0.307 e. The first-order valence-electron chi connectivity index (χ1n) is 8.07. The third kappa shape index (κ3) is 5.06. The lowest BCUT2D eigenvalue weighted by molar-refractivity contribution is -0.157. The van der Waals surface area contributed by atoms with Crippen LogP contribution in [0.25, 0.3) is 0 Å². The molecular weight excluding hydrogens is 284 g/mol. The molecule has 5 heteroatoms. The van der Waals surface area contributed by atoms with Crippen molar-refractivity contribution < 1.29 is 24.2 Å². The first-order valence-corrected chi connectivity index (χ1v) is 8.07. The molecular formula is C17H30O5. The van der Waals surface area contributed by atoms with Crippen molar-refractivity contribution in [3.63, 3.8) is 0 Å². The third-order valence-electron chi connectivity index (χ3n) is 4.73. The predicted octanol–water partition coefficient (Wildman–Crippen LogP) is 3.06. The summed E-state index contributed by atoms with van der Waals surface area (Å²) in [6.45, 7) is 7.81. The lowest BCUT2D eigenvalue weighted by Crippen LogP contribution is -2.45. The summed E-state index contributed by atoms with van der Waals surface area (Å²) in [5.74, 6) is -1.96. The zero-order valence-corrected chi connectivity index (χ0v) is 14.5. The highest BCUT2D eigenvalue weighted by atomic mass is 16.5. The Labute approximate surface area is 133 Å². The van der Waals surface area contributed by atoms with E-state index in [4.69, 9.17) is 9.47 Å². The fourth-order valence-corrected chi connectivity index (χ4v) is 2.91. The summed E-state index contributed by atoms with van der Waals surface area (Å²) in [7, 11) is 1.65. The van der Waals surface area contributed by atoms with Crippen molar-refractivity contribution in [1.82, 2.24) is 0 Å². The number of carboxylic acids is 1. The van der Waals surface area contributed by atoms with Gasteiger partial charge < -0.3 is 14.6 Å².